The second-order valence-electron chi connectivity index (χ2n) is 4.76. The third-order valence-electron chi connectivity index (χ3n) is 3.21. The molecule has 0 aliphatic heterocycles. The minimum atomic E-state index is -1.01. The summed E-state index contributed by atoms with van der Waals surface area (Å²) in [5.74, 6) is -0.374. The Labute approximate surface area is 137 Å². The van der Waals surface area contributed by atoms with Crippen LogP contribution in [0, 0.1) is 0 Å². The van der Waals surface area contributed by atoms with Crippen molar-refractivity contribution >= 4 is 39.2 Å². The number of esters is 1. The number of carbonyl (C=O) groups is 1. The summed E-state index contributed by atoms with van der Waals surface area (Å²) < 4.78 is 5.85. The quantitative estimate of drug-likeness (QED) is 0.801. The van der Waals surface area contributed by atoms with Gasteiger partial charge >= 0.3 is 5.97 Å². The molecule has 2 aromatic carbocycles. The maximum Gasteiger partial charge on any atom is 0.335 e. The highest BCUT2D eigenvalue weighted by molar-refractivity contribution is 9.10. The molecule has 1 N–H and O–H groups in total. The van der Waals surface area contributed by atoms with Crippen molar-refractivity contribution in [1.82, 2.24) is 0 Å². The highest BCUT2D eigenvalue weighted by Crippen LogP contribution is 2.30. The van der Waals surface area contributed by atoms with Gasteiger partial charge < -0.3 is 10.1 Å². The van der Waals surface area contributed by atoms with E-state index in [1.807, 2.05) is 36.4 Å². The molecule has 0 fully saturated rings. The van der Waals surface area contributed by atoms with Crippen molar-refractivity contribution in [3.8, 4) is 0 Å². The van der Waals surface area contributed by atoms with Crippen LogP contribution >= 0.6 is 27.5 Å². The lowest BCUT2D eigenvalue weighted by Crippen LogP contribution is -2.41. The second kappa shape index (κ2) is 6.50. The van der Waals surface area contributed by atoms with E-state index < -0.39 is 5.54 Å². The van der Waals surface area contributed by atoms with Crippen LogP contribution in [0.2, 0.25) is 5.02 Å². The average molecular weight is 369 g/mol. The van der Waals surface area contributed by atoms with E-state index in [0.717, 1.165) is 15.7 Å². The molecule has 0 heterocycles. The van der Waals surface area contributed by atoms with E-state index in [1.54, 1.807) is 19.1 Å². The van der Waals surface area contributed by atoms with E-state index in [0.29, 0.717) is 5.02 Å². The van der Waals surface area contributed by atoms with Crippen molar-refractivity contribution < 1.29 is 9.53 Å². The number of carbonyl (C=O) groups excluding carboxylic acids is 1. The van der Waals surface area contributed by atoms with Crippen molar-refractivity contribution in [2.24, 2.45) is 0 Å². The summed E-state index contributed by atoms with van der Waals surface area (Å²) in [6, 6.07) is 14.8. The molecule has 1 atom stereocenters. The van der Waals surface area contributed by atoms with Gasteiger partial charge in [0, 0.05) is 15.2 Å². The Bertz CT molecular complexity index is 662. The van der Waals surface area contributed by atoms with Crippen LogP contribution in [0.25, 0.3) is 0 Å². The van der Waals surface area contributed by atoms with E-state index in [4.69, 9.17) is 16.3 Å². The van der Waals surface area contributed by atoms with E-state index in [2.05, 4.69) is 21.2 Å². The minimum Gasteiger partial charge on any atom is -0.467 e. The lowest BCUT2D eigenvalue weighted by atomic mass is 9.91. The van der Waals surface area contributed by atoms with Crippen LogP contribution in [0.3, 0.4) is 0 Å². The number of hydrogen-bond donors (Lipinski definition) is 1. The van der Waals surface area contributed by atoms with Crippen LogP contribution in [0.5, 0.6) is 0 Å². The Kier molecular flexibility index (Phi) is 4.91. The van der Waals surface area contributed by atoms with Gasteiger partial charge in [-0.25, -0.2) is 4.79 Å². The monoisotopic (exact) mass is 367 g/mol. The van der Waals surface area contributed by atoms with E-state index in [-0.39, 0.29) is 5.97 Å². The first-order valence-electron chi connectivity index (χ1n) is 6.34. The van der Waals surface area contributed by atoms with Gasteiger partial charge in [0.2, 0.25) is 0 Å². The normalized spacial score (nSPS) is 13.3. The second-order valence-corrected chi connectivity index (χ2v) is 6.11. The van der Waals surface area contributed by atoms with Gasteiger partial charge in [-0.15, -0.1) is 0 Å². The highest BCUT2D eigenvalue weighted by Gasteiger charge is 2.36. The molecule has 0 saturated heterocycles. The summed E-state index contributed by atoms with van der Waals surface area (Å²) in [6.45, 7) is 1.78. The maximum absolute atomic E-state index is 12.3. The fourth-order valence-corrected chi connectivity index (χ4v) is 2.69. The summed E-state index contributed by atoms with van der Waals surface area (Å²) in [5.41, 5.74) is 0.530. The Morgan fingerprint density at radius 1 is 1.24 bits per heavy atom. The number of rotatable bonds is 4. The molecule has 0 amide bonds. The van der Waals surface area contributed by atoms with Crippen molar-refractivity contribution in [3.63, 3.8) is 0 Å². The topological polar surface area (TPSA) is 38.3 Å². The van der Waals surface area contributed by atoms with E-state index in [1.165, 1.54) is 7.11 Å². The largest absolute Gasteiger partial charge is 0.467 e. The maximum atomic E-state index is 12.3. The SMILES string of the molecule is COC(=O)C(C)(Nc1cccc(Cl)c1)c1cccc(Br)c1. The highest BCUT2D eigenvalue weighted by atomic mass is 79.9. The molecule has 2 aromatic rings. The fraction of sp³-hybridized carbons (Fsp3) is 0.188. The molecule has 0 saturated carbocycles. The molecule has 2 rings (SSSR count). The molecule has 0 spiro atoms. The molecule has 110 valence electrons. The zero-order chi connectivity index (χ0) is 15.5. The van der Waals surface area contributed by atoms with Crippen LogP contribution in [0.15, 0.2) is 53.0 Å². The van der Waals surface area contributed by atoms with Crippen LogP contribution in [0.1, 0.15) is 12.5 Å². The Morgan fingerprint density at radius 3 is 2.57 bits per heavy atom. The van der Waals surface area contributed by atoms with Gasteiger partial charge in [0.25, 0.3) is 0 Å². The molecule has 0 radical (unpaired) electrons. The van der Waals surface area contributed by atoms with Gasteiger partial charge in [-0.1, -0.05) is 45.7 Å². The first-order valence-corrected chi connectivity index (χ1v) is 7.51. The minimum absolute atomic E-state index is 0.374. The fourth-order valence-electron chi connectivity index (χ4n) is 2.10. The Balaban J connectivity index is 2.45. The summed E-state index contributed by atoms with van der Waals surface area (Å²) in [7, 11) is 1.37. The summed E-state index contributed by atoms with van der Waals surface area (Å²) in [5, 5.41) is 3.81. The number of ether oxygens (including phenoxy) is 1. The zero-order valence-corrected chi connectivity index (χ0v) is 14.0. The molecule has 3 nitrogen and oxygen atoms in total. The number of benzene rings is 2. The lowest BCUT2D eigenvalue weighted by molar-refractivity contribution is -0.145. The third-order valence-corrected chi connectivity index (χ3v) is 3.94. The van der Waals surface area contributed by atoms with Crippen molar-refractivity contribution in [1.29, 1.82) is 0 Å². The predicted molar refractivity (Wildman–Crippen MR) is 88.6 cm³/mol. The smallest absolute Gasteiger partial charge is 0.335 e. The van der Waals surface area contributed by atoms with Gasteiger partial charge in [-0.3, -0.25) is 0 Å². The summed E-state index contributed by atoms with van der Waals surface area (Å²) in [4.78, 5) is 12.3. The average Bonchev–Trinajstić information content (AvgIpc) is 2.46. The Morgan fingerprint density at radius 2 is 1.95 bits per heavy atom. The molecular weight excluding hydrogens is 354 g/mol. The first kappa shape index (κ1) is 15.9. The van der Waals surface area contributed by atoms with Crippen molar-refractivity contribution in [2.45, 2.75) is 12.5 Å². The Hall–Kier alpha value is -1.52. The number of hydrogen-bond acceptors (Lipinski definition) is 3. The summed E-state index contributed by atoms with van der Waals surface area (Å²) >= 11 is 9.42. The third kappa shape index (κ3) is 3.57. The van der Waals surface area contributed by atoms with Crippen LogP contribution in [-0.4, -0.2) is 13.1 Å². The molecule has 21 heavy (non-hydrogen) atoms. The van der Waals surface area contributed by atoms with Gasteiger partial charge in [-0.05, 0) is 42.8 Å². The molecule has 0 aliphatic rings. The molecule has 0 aromatic heterocycles. The van der Waals surface area contributed by atoms with Crippen LogP contribution in [0.4, 0.5) is 5.69 Å². The van der Waals surface area contributed by atoms with Gasteiger partial charge in [-0.2, -0.15) is 0 Å². The van der Waals surface area contributed by atoms with E-state index >= 15 is 0 Å². The van der Waals surface area contributed by atoms with Crippen LogP contribution < -0.4 is 5.32 Å². The van der Waals surface area contributed by atoms with E-state index in [9.17, 15) is 4.79 Å². The zero-order valence-electron chi connectivity index (χ0n) is 11.7. The van der Waals surface area contributed by atoms with Gasteiger partial charge in [0.05, 0.1) is 7.11 Å². The van der Waals surface area contributed by atoms with Gasteiger partial charge in [0.1, 0.15) is 0 Å². The standard InChI is InChI=1S/C16H15BrClNO2/c1-16(15(20)21-2,11-5-3-6-12(17)9-11)19-14-8-4-7-13(18)10-14/h3-10,19H,1-2H3. The molecule has 0 aliphatic carbocycles. The summed E-state index contributed by atoms with van der Waals surface area (Å²) in [6.07, 6.45) is 0. The molecule has 5 heteroatoms. The number of methoxy groups -OCH3 is 1. The lowest BCUT2D eigenvalue weighted by Gasteiger charge is -2.29. The molecule has 0 bridgehead atoms. The van der Waals surface area contributed by atoms with Crippen LogP contribution in [-0.2, 0) is 15.1 Å². The number of anilines is 1. The van der Waals surface area contributed by atoms with Gasteiger partial charge in [0.15, 0.2) is 5.54 Å². The first-order chi connectivity index (χ1) is 9.95. The molecular formula is C16H15BrClNO2. The van der Waals surface area contributed by atoms with Crippen molar-refractivity contribution in [2.75, 3.05) is 12.4 Å². The molecule has 1 unspecified atom stereocenters. The number of halogens is 2. The van der Waals surface area contributed by atoms with Crippen molar-refractivity contribution in [3.05, 3.63) is 63.6 Å². The predicted octanol–water partition coefficient (Wildman–Crippen LogP) is 4.60. The number of nitrogens with one attached hydrogen (secondary N) is 1.